The van der Waals surface area contributed by atoms with Crippen LogP contribution in [-0.2, 0) is 4.74 Å². The van der Waals surface area contributed by atoms with Crippen LogP contribution in [0, 0.1) is 5.92 Å². The Bertz CT molecular complexity index is 410. The van der Waals surface area contributed by atoms with E-state index in [9.17, 15) is 0 Å². The number of aromatic nitrogens is 2. The van der Waals surface area contributed by atoms with Gasteiger partial charge in [0.2, 0.25) is 5.89 Å². The summed E-state index contributed by atoms with van der Waals surface area (Å²) in [5.74, 6) is 1.23. The van der Waals surface area contributed by atoms with Gasteiger partial charge in [0, 0.05) is 20.2 Å². The Hall–Kier alpha value is -1.14. The Balaban J connectivity index is 1.98. The van der Waals surface area contributed by atoms with E-state index in [0.717, 1.165) is 32.5 Å². The van der Waals surface area contributed by atoms with Crippen LogP contribution in [0.1, 0.15) is 45.5 Å². The predicted octanol–water partition coefficient (Wildman–Crippen LogP) is 1.99. The van der Waals surface area contributed by atoms with Crippen LogP contribution >= 0.6 is 0 Å². The topological polar surface area (TPSA) is 63.4 Å². The monoisotopic (exact) mass is 282 g/mol. The fourth-order valence-corrected chi connectivity index (χ4v) is 2.49. The number of nitrogens with one attached hydrogen (secondary N) is 1. The first kappa shape index (κ1) is 15.3. The number of piperidine rings is 1. The maximum Gasteiger partial charge on any atom is 0.318 e. The number of rotatable bonds is 6. The second-order valence-corrected chi connectivity index (χ2v) is 5.58. The molecular weight excluding hydrogens is 256 g/mol. The van der Waals surface area contributed by atoms with E-state index in [-0.39, 0.29) is 12.1 Å². The van der Waals surface area contributed by atoms with Crippen LogP contribution in [0.3, 0.4) is 0 Å². The molecular formula is C14H26N4O2. The smallest absolute Gasteiger partial charge is 0.318 e. The molecule has 3 atom stereocenters. The van der Waals surface area contributed by atoms with Crippen LogP contribution in [0.5, 0.6) is 0 Å². The van der Waals surface area contributed by atoms with E-state index in [4.69, 9.17) is 9.15 Å². The van der Waals surface area contributed by atoms with Crippen molar-refractivity contribution in [2.45, 2.75) is 45.8 Å². The minimum Gasteiger partial charge on any atom is -0.406 e. The normalized spacial score (nSPS) is 24.9. The Kier molecular flexibility index (Phi) is 5.37. The molecule has 3 unspecified atom stereocenters. The van der Waals surface area contributed by atoms with Gasteiger partial charge in [-0.3, -0.25) is 0 Å². The maximum atomic E-state index is 5.80. The van der Waals surface area contributed by atoms with Gasteiger partial charge in [-0.25, -0.2) is 0 Å². The summed E-state index contributed by atoms with van der Waals surface area (Å²) in [6, 6.07) is 0.706. The molecule has 1 aliphatic rings. The van der Waals surface area contributed by atoms with Gasteiger partial charge in [0.25, 0.3) is 0 Å². The third-order valence-electron chi connectivity index (χ3n) is 3.96. The van der Waals surface area contributed by atoms with Crippen LogP contribution in [0.25, 0.3) is 0 Å². The summed E-state index contributed by atoms with van der Waals surface area (Å²) in [6.45, 7) is 9.12. The van der Waals surface area contributed by atoms with E-state index in [1.54, 1.807) is 7.11 Å². The van der Waals surface area contributed by atoms with Gasteiger partial charge in [0.1, 0.15) is 0 Å². The minimum absolute atomic E-state index is 0.0955. The summed E-state index contributed by atoms with van der Waals surface area (Å²) in [4.78, 5) is 2.12. The van der Waals surface area contributed by atoms with E-state index in [2.05, 4.69) is 34.3 Å². The number of anilines is 1. The third kappa shape index (κ3) is 3.49. The first-order chi connectivity index (χ1) is 9.65. The maximum absolute atomic E-state index is 5.80. The molecule has 0 bridgehead atoms. The van der Waals surface area contributed by atoms with Crippen molar-refractivity contribution < 1.29 is 9.15 Å². The summed E-state index contributed by atoms with van der Waals surface area (Å²) >= 11 is 0. The first-order valence-corrected chi connectivity index (χ1v) is 7.50. The summed E-state index contributed by atoms with van der Waals surface area (Å²) in [5.41, 5.74) is 0. The van der Waals surface area contributed by atoms with Gasteiger partial charge >= 0.3 is 6.01 Å². The largest absolute Gasteiger partial charge is 0.406 e. The van der Waals surface area contributed by atoms with Crippen LogP contribution < -0.4 is 10.2 Å². The zero-order valence-corrected chi connectivity index (χ0v) is 12.9. The average molecular weight is 282 g/mol. The van der Waals surface area contributed by atoms with E-state index >= 15 is 0 Å². The first-order valence-electron chi connectivity index (χ1n) is 7.50. The lowest BCUT2D eigenvalue weighted by Gasteiger charge is -2.34. The quantitative estimate of drug-likeness (QED) is 0.861. The van der Waals surface area contributed by atoms with Crippen LogP contribution in [0.15, 0.2) is 4.42 Å². The molecule has 0 radical (unpaired) electrons. The van der Waals surface area contributed by atoms with Gasteiger partial charge in [-0.15, -0.1) is 5.10 Å². The lowest BCUT2D eigenvalue weighted by molar-refractivity contribution is 0.0485. The Morgan fingerprint density at radius 2 is 2.30 bits per heavy atom. The van der Waals surface area contributed by atoms with Crippen molar-refractivity contribution in [3.05, 3.63) is 5.89 Å². The molecule has 1 aromatic heterocycles. The van der Waals surface area contributed by atoms with Gasteiger partial charge in [0.05, 0.1) is 12.1 Å². The Morgan fingerprint density at radius 3 is 3.00 bits per heavy atom. The molecule has 1 aliphatic heterocycles. The van der Waals surface area contributed by atoms with Gasteiger partial charge < -0.3 is 19.4 Å². The molecule has 6 nitrogen and oxygen atoms in total. The van der Waals surface area contributed by atoms with Crippen LogP contribution in [0.4, 0.5) is 6.01 Å². The van der Waals surface area contributed by atoms with Gasteiger partial charge in [-0.05, 0) is 32.2 Å². The van der Waals surface area contributed by atoms with Gasteiger partial charge in [-0.1, -0.05) is 18.9 Å². The molecule has 0 amide bonds. The average Bonchev–Trinajstić information content (AvgIpc) is 2.95. The fraction of sp³-hybridized carbons (Fsp3) is 0.857. The highest BCUT2D eigenvalue weighted by molar-refractivity contribution is 5.26. The molecule has 1 aromatic rings. The lowest BCUT2D eigenvalue weighted by Crippen LogP contribution is -2.44. The molecule has 0 saturated carbocycles. The highest BCUT2D eigenvalue weighted by atomic mass is 16.5. The molecule has 20 heavy (non-hydrogen) atoms. The van der Waals surface area contributed by atoms with Crippen molar-refractivity contribution in [2.75, 3.05) is 31.6 Å². The minimum atomic E-state index is 0.0955. The summed E-state index contributed by atoms with van der Waals surface area (Å²) < 4.78 is 11.3. The van der Waals surface area contributed by atoms with E-state index < -0.39 is 0 Å². The van der Waals surface area contributed by atoms with Crippen molar-refractivity contribution in [2.24, 2.45) is 5.92 Å². The van der Waals surface area contributed by atoms with Crippen LogP contribution in [0.2, 0.25) is 0 Å². The molecule has 1 saturated heterocycles. The number of hydrogen-bond donors (Lipinski definition) is 1. The van der Waals surface area contributed by atoms with Crippen molar-refractivity contribution in [3.63, 3.8) is 0 Å². The van der Waals surface area contributed by atoms with Crippen molar-refractivity contribution in [3.8, 4) is 0 Å². The van der Waals surface area contributed by atoms with Crippen molar-refractivity contribution >= 4 is 6.01 Å². The molecule has 1 N–H and O–H groups in total. The van der Waals surface area contributed by atoms with Crippen molar-refractivity contribution in [1.82, 2.24) is 15.5 Å². The number of hydrogen-bond acceptors (Lipinski definition) is 6. The number of nitrogens with zero attached hydrogens (tertiary/aromatic N) is 3. The summed E-state index contributed by atoms with van der Waals surface area (Å²) in [6.07, 6.45) is 2.40. The van der Waals surface area contributed by atoms with E-state index in [1.807, 2.05) is 6.92 Å². The fourth-order valence-electron chi connectivity index (χ4n) is 2.49. The molecule has 2 heterocycles. The zero-order chi connectivity index (χ0) is 14.5. The summed E-state index contributed by atoms with van der Waals surface area (Å²) in [7, 11) is 1.76. The zero-order valence-electron chi connectivity index (χ0n) is 12.9. The molecule has 1 fully saturated rings. The van der Waals surface area contributed by atoms with Crippen LogP contribution in [-0.4, -0.2) is 43.0 Å². The Labute approximate surface area is 120 Å². The lowest BCUT2D eigenvalue weighted by atomic mass is 9.96. The SMILES string of the molecule is CCCNC(C)c1nnc(N2CCC(C)C(OC)C2)o1. The third-order valence-corrected chi connectivity index (χ3v) is 3.96. The highest BCUT2D eigenvalue weighted by Gasteiger charge is 2.29. The second kappa shape index (κ2) is 7.04. The Morgan fingerprint density at radius 1 is 1.50 bits per heavy atom. The number of methoxy groups -OCH3 is 1. The van der Waals surface area contributed by atoms with E-state index in [0.29, 0.717) is 17.8 Å². The standard InChI is InChI=1S/C14H26N4O2/c1-5-7-15-11(3)13-16-17-14(20-13)18-8-6-10(2)12(9-18)19-4/h10-12,15H,5-9H2,1-4H3. The van der Waals surface area contributed by atoms with Gasteiger partial charge in [0.15, 0.2) is 0 Å². The second-order valence-electron chi connectivity index (χ2n) is 5.58. The predicted molar refractivity (Wildman–Crippen MR) is 77.8 cm³/mol. The van der Waals surface area contributed by atoms with E-state index in [1.165, 1.54) is 0 Å². The molecule has 0 aromatic carbocycles. The number of ether oxygens (including phenoxy) is 1. The van der Waals surface area contributed by atoms with Crippen molar-refractivity contribution in [1.29, 1.82) is 0 Å². The molecule has 0 spiro atoms. The highest BCUT2D eigenvalue weighted by Crippen LogP contribution is 2.25. The molecule has 114 valence electrons. The molecule has 2 rings (SSSR count). The summed E-state index contributed by atoms with van der Waals surface area (Å²) in [5, 5.41) is 11.7. The van der Waals surface area contributed by atoms with Gasteiger partial charge in [-0.2, -0.15) is 0 Å². The molecule has 0 aliphatic carbocycles. The molecule has 6 heteroatoms.